The van der Waals surface area contributed by atoms with Crippen LogP contribution in [0.4, 0.5) is 17.1 Å². The Bertz CT molecular complexity index is 2760. The molecule has 10 rings (SSSR count). The van der Waals surface area contributed by atoms with E-state index in [0.29, 0.717) is 0 Å². The van der Waals surface area contributed by atoms with Crippen LogP contribution in [-0.4, -0.2) is 4.98 Å². The fourth-order valence-corrected chi connectivity index (χ4v) is 8.07. The van der Waals surface area contributed by atoms with Crippen LogP contribution in [0.2, 0.25) is 0 Å². The maximum Gasteiger partial charge on any atom is 0.155 e. The summed E-state index contributed by atoms with van der Waals surface area (Å²) in [5.74, 6) is 0. The van der Waals surface area contributed by atoms with Crippen LogP contribution in [0, 0.1) is 0 Å². The second-order valence-corrected chi connectivity index (χ2v) is 14.0. The normalized spacial score (nSPS) is 13.1. The van der Waals surface area contributed by atoms with Crippen molar-refractivity contribution in [2.24, 2.45) is 0 Å². The number of nitrogens with zero attached hydrogens (tertiary/aromatic N) is 2. The average molecular weight is 655 g/mol. The van der Waals surface area contributed by atoms with Crippen LogP contribution in [0.3, 0.4) is 0 Å². The van der Waals surface area contributed by atoms with Gasteiger partial charge >= 0.3 is 0 Å². The van der Waals surface area contributed by atoms with E-state index in [1.807, 2.05) is 6.20 Å². The third kappa shape index (κ3) is 4.69. The molecular weight excluding hydrogens is 621 g/mol. The molecule has 1 aliphatic carbocycles. The zero-order valence-corrected chi connectivity index (χ0v) is 28.5. The van der Waals surface area contributed by atoms with Crippen molar-refractivity contribution in [2.45, 2.75) is 19.3 Å². The maximum atomic E-state index is 6.58. The molecule has 0 amide bonds. The van der Waals surface area contributed by atoms with Gasteiger partial charge in [-0.3, -0.25) is 0 Å². The molecule has 0 saturated heterocycles. The van der Waals surface area contributed by atoms with E-state index in [1.165, 1.54) is 38.8 Å². The third-order valence-electron chi connectivity index (χ3n) is 10.7. The van der Waals surface area contributed by atoms with Gasteiger partial charge in [-0.1, -0.05) is 135 Å². The molecule has 2 heterocycles. The standard InChI is InChI=1S/C48H34N2O/c1-48(2)42-20-12-11-19-38(42)40-28-39(33-15-7-4-8-16-33)44(29-43(40)48)50(36-23-21-32(22-24-36)31-13-5-3-6-14-31)37-27-46-47(49-30-37)41-25-34-17-9-10-18-35(34)26-45(41)51-46/h3-30H,1-2H3. The van der Waals surface area contributed by atoms with Gasteiger partial charge in [-0.05, 0) is 86.1 Å². The van der Waals surface area contributed by atoms with Gasteiger partial charge in [-0.2, -0.15) is 0 Å². The number of hydrogen-bond acceptors (Lipinski definition) is 3. The number of anilines is 3. The van der Waals surface area contributed by atoms with Gasteiger partial charge in [-0.25, -0.2) is 4.98 Å². The Balaban J connectivity index is 1.23. The number of aromatic nitrogens is 1. The van der Waals surface area contributed by atoms with E-state index >= 15 is 0 Å². The summed E-state index contributed by atoms with van der Waals surface area (Å²) in [6, 6.07) is 58.7. The number of benzene rings is 7. The van der Waals surface area contributed by atoms with E-state index in [1.54, 1.807) is 0 Å². The number of rotatable bonds is 5. The van der Waals surface area contributed by atoms with Gasteiger partial charge in [0.2, 0.25) is 0 Å². The second kappa shape index (κ2) is 11.3. The van der Waals surface area contributed by atoms with Crippen LogP contribution in [0.5, 0.6) is 0 Å². The quantitative estimate of drug-likeness (QED) is 0.185. The van der Waals surface area contributed by atoms with Crippen molar-refractivity contribution in [2.75, 3.05) is 4.90 Å². The van der Waals surface area contributed by atoms with Crippen LogP contribution in [0.1, 0.15) is 25.0 Å². The Morgan fingerprint density at radius 3 is 1.90 bits per heavy atom. The van der Waals surface area contributed by atoms with Gasteiger partial charge < -0.3 is 9.32 Å². The first kappa shape index (κ1) is 29.5. The molecule has 242 valence electrons. The molecule has 51 heavy (non-hydrogen) atoms. The number of furan rings is 1. The van der Waals surface area contributed by atoms with Crippen LogP contribution in [0.15, 0.2) is 174 Å². The van der Waals surface area contributed by atoms with Crippen molar-refractivity contribution in [3.05, 3.63) is 181 Å². The molecule has 2 aromatic heterocycles. The number of hydrogen-bond donors (Lipinski definition) is 0. The van der Waals surface area contributed by atoms with Gasteiger partial charge in [0.1, 0.15) is 11.1 Å². The molecule has 0 aliphatic heterocycles. The van der Waals surface area contributed by atoms with Crippen LogP contribution < -0.4 is 4.90 Å². The molecule has 0 N–H and O–H groups in total. The number of pyridine rings is 1. The molecule has 7 aromatic carbocycles. The maximum absolute atomic E-state index is 6.58. The fourth-order valence-electron chi connectivity index (χ4n) is 8.07. The molecule has 0 spiro atoms. The predicted octanol–water partition coefficient (Wildman–Crippen LogP) is 13.2. The first-order valence-corrected chi connectivity index (χ1v) is 17.5. The molecule has 1 aliphatic rings. The lowest BCUT2D eigenvalue weighted by Gasteiger charge is -2.30. The summed E-state index contributed by atoms with van der Waals surface area (Å²) >= 11 is 0. The van der Waals surface area contributed by atoms with Crippen molar-refractivity contribution in [1.82, 2.24) is 4.98 Å². The van der Waals surface area contributed by atoms with E-state index in [9.17, 15) is 0 Å². The summed E-state index contributed by atoms with van der Waals surface area (Å²) in [7, 11) is 0. The van der Waals surface area contributed by atoms with E-state index in [2.05, 4.69) is 183 Å². The Kier molecular flexibility index (Phi) is 6.53. The minimum absolute atomic E-state index is 0.165. The van der Waals surface area contributed by atoms with Crippen molar-refractivity contribution >= 4 is 49.9 Å². The molecule has 0 radical (unpaired) electrons. The van der Waals surface area contributed by atoms with E-state index < -0.39 is 0 Å². The summed E-state index contributed by atoms with van der Waals surface area (Å²) in [5, 5.41) is 3.35. The molecule has 0 atom stereocenters. The zero-order valence-electron chi connectivity index (χ0n) is 28.5. The smallest absolute Gasteiger partial charge is 0.155 e. The Hall–Kier alpha value is -6.45. The topological polar surface area (TPSA) is 29.3 Å². The van der Waals surface area contributed by atoms with Gasteiger partial charge in [0, 0.05) is 28.1 Å². The lowest BCUT2D eigenvalue weighted by Crippen LogP contribution is -2.17. The van der Waals surface area contributed by atoms with Crippen LogP contribution >= 0.6 is 0 Å². The Morgan fingerprint density at radius 2 is 1.14 bits per heavy atom. The van der Waals surface area contributed by atoms with Crippen molar-refractivity contribution < 1.29 is 4.42 Å². The van der Waals surface area contributed by atoms with Crippen LogP contribution in [-0.2, 0) is 5.41 Å². The Labute approximate surface area is 297 Å². The van der Waals surface area contributed by atoms with E-state index in [-0.39, 0.29) is 5.41 Å². The fraction of sp³-hybridized carbons (Fsp3) is 0.0625. The summed E-state index contributed by atoms with van der Waals surface area (Å²) in [5.41, 5.74) is 15.3. The summed E-state index contributed by atoms with van der Waals surface area (Å²) in [6.07, 6.45) is 2.00. The number of fused-ring (bicyclic) bond motifs is 7. The summed E-state index contributed by atoms with van der Waals surface area (Å²) in [4.78, 5) is 7.47. The van der Waals surface area contributed by atoms with Gasteiger partial charge in [-0.15, -0.1) is 0 Å². The van der Waals surface area contributed by atoms with E-state index in [0.717, 1.165) is 55.6 Å². The highest BCUT2D eigenvalue weighted by Gasteiger charge is 2.37. The van der Waals surface area contributed by atoms with E-state index in [4.69, 9.17) is 9.40 Å². The second-order valence-electron chi connectivity index (χ2n) is 14.0. The molecular formula is C48H34N2O. The van der Waals surface area contributed by atoms with Crippen molar-refractivity contribution in [1.29, 1.82) is 0 Å². The van der Waals surface area contributed by atoms with Crippen molar-refractivity contribution in [3.63, 3.8) is 0 Å². The van der Waals surface area contributed by atoms with Gasteiger partial charge in [0.05, 0.1) is 17.6 Å². The van der Waals surface area contributed by atoms with Gasteiger partial charge in [0.25, 0.3) is 0 Å². The minimum Gasteiger partial charge on any atom is -0.454 e. The average Bonchev–Trinajstić information content (AvgIpc) is 3.64. The molecule has 3 heteroatoms. The highest BCUT2D eigenvalue weighted by molar-refractivity contribution is 6.09. The molecule has 0 unspecified atom stereocenters. The first-order valence-electron chi connectivity index (χ1n) is 17.5. The molecule has 3 nitrogen and oxygen atoms in total. The SMILES string of the molecule is CC1(C)c2ccccc2-c2cc(-c3ccccc3)c(N(c3ccc(-c4ccccc4)cc3)c3cnc4c(c3)oc3cc5ccccc5cc34)cc21. The first-order chi connectivity index (χ1) is 25.0. The largest absolute Gasteiger partial charge is 0.454 e. The predicted molar refractivity (Wildman–Crippen MR) is 212 cm³/mol. The molecule has 0 bridgehead atoms. The minimum atomic E-state index is -0.165. The van der Waals surface area contributed by atoms with Gasteiger partial charge in [0.15, 0.2) is 5.58 Å². The molecule has 0 saturated carbocycles. The summed E-state index contributed by atoms with van der Waals surface area (Å²) < 4.78 is 6.58. The van der Waals surface area contributed by atoms with Crippen LogP contribution in [0.25, 0.3) is 66.2 Å². The Morgan fingerprint density at radius 1 is 0.490 bits per heavy atom. The monoisotopic (exact) mass is 654 g/mol. The molecule has 0 fully saturated rings. The summed E-state index contributed by atoms with van der Waals surface area (Å²) in [6.45, 7) is 4.68. The molecule has 9 aromatic rings. The lowest BCUT2D eigenvalue weighted by atomic mass is 9.81. The third-order valence-corrected chi connectivity index (χ3v) is 10.7. The van der Waals surface area contributed by atoms with Crippen molar-refractivity contribution in [3.8, 4) is 33.4 Å². The zero-order chi connectivity index (χ0) is 34.1. The highest BCUT2D eigenvalue weighted by atomic mass is 16.3. The highest BCUT2D eigenvalue weighted by Crippen LogP contribution is 2.53. The lowest BCUT2D eigenvalue weighted by molar-refractivity contribution is 0.660.